The van der Waals surface area contributed by atoms with Crippen molar-refractivity contribution >= 4 is 28.7 Å². The number of carbonyl (C=O) groups excluding carboxylic acids is 1. The number of hydrogen-bond acceptors (Lipinski definition) is 5. The van der Waals surface area contributed by atoms with Gasteiger partial charge in [-0.2, -0.15) is 0 Å². The van der Waals surface area contributed by atoms with Crippen molar-refractivity contribution in [2.45, 2.75) is 58.4 Å². The number of nitrogens with two attached hydrogens (primary N) is 2. The van der Waals surface area contributed by atoms with Gasteiger partial charge in [0.15, 0.2) is 0 Å². The number of amidine groups is 1. The second kappa shape index (κ2) is 11.2. The van der Waals surface area contributed by atoms with Crippen LogP contribution in [0.25, 0.3) is 5.57 Å². The normalized spacial score (nSPS) is 20.1. The summed E-state index contributed by atoms with van der Waals surface area (Å²) < 4.78 is 1.90. The SMILES string of the molecule is CC(C)=Nc1cn(C)c(C2=CCCC(N)C2)c(CC(=O)NCC2=CCC(C(=N)N)C=CC2)c1=O. The zero-order valence-electron chi connectivity index (χ0n) is 20.4. The van der Waals surface area contributed by atoms with Gasteiger partial charge in [0.05, 0.1) is 18.0 Å². The molecule has 0 bridgehead atoms. The van der Waals surface area contributed by atoms with Crippen molar-refractivity contribution in [2.75, 3.05) is 6.54 Å². The zero-order chi connectivity index (χ0) is 24.8. The number of nitrogens with zero attached hydrogens (tertiary/aromatic N) is 2. The molecule has 1 amide bonds. The number of amides is 1. The minimum atomic E-state index is -0.217. The first-order valence-electron chi connectivity index (χ1n) is 11.8. The van der Waals surface area contributed by atoms with E-state index in [1.54, 1.807) is 6.20 Å². The third-order valence-electron chi connectivity index (χ3n) is 6.18. The molecular weight excluding hydrogens is 428 g/mol. The van der Waals surface area contributed by atoms with Gasteiger partial charge in [-0.1, -0.05) is 29.9 Å². The third kappa shape index (κ3) is 6.41. The van der Waals surface area contributed by atoms with Gasteiger partial charge in [-0.15, -0.1) is 0 Å². The standard InChI is InChI=1S/C26H36N6O2/c1-16(2)31-22-15-32(3)24(19-8-5-9-20(27)12-19)21(25(22)34)13-23(33)30-14-17-6-4-7-18(11-10-17)26(28)29/h4,7-8,10,15,18,20H,5-6,9,11-14,27H2,1-3H3,(H3,28,29)(H,30,33). The van der Waals surface area contributed by atoms with E-state index >= 15 is 0 Å². The second-order valence-corrected chi connectivity index (χ2v) is 9.36. The number of aromatic nitrogens is 1. The molecule has 1 aromatic rings. The third-order valence-corrected chi connectivity index (χ3v) is 6.18. The van der Waals surface area contributed by atoms with Crippen LogP contribution in [0.3, 0.4) is 0 Å². The van der Waals surface area contributed by atoms with Crippen LogP contribution in [0, 0.1) is 11.3 Å². The fourth-order valence-electron chi connectivity index (χ4n) is 4.47. The molecule has 0 radical (unpaired) electrons. The van der Waals surface area contributed by atoms with E-state index in [9.17, 15) is 9.59 Å². The molecule has 2 unspecified atom stereocenters. The highest BCUT2D eigenvalue weighted by molar-refractivity contribution is 5.84. The first kappa shape index (κ1) is 25.4. The molecule has 1 aromatic heterocycles. The monoisotopic (exact) mass is 464 g/mol. The second-order valence-electron chi connectivity index (χ2n) is 9.36. The van der Waals surface area contributed by atoms with Crippen LogP contribution in [0.1, 0.15) is 57.2 Å². The predicted octanol–water partition coefficient (Wildman–Crippen LogP) is 2.88. The molecule has 8 nitrogen and oxygen atoms in total. The quantitative estimate of drug-likeness (QED) is 0.280. The highest BCUT2D eigenvalue weighted by Crippen LogP contribution is 2.29. The Morgan fingerprint density at radius 1 is 1.32 bits per heavy atom. The number of carbonyl (C=O) groups is 1. The maximum absolute atomic E-state index is 13.4. The molecule has 0 saturated carbocycles. The molecule has 0 saturated heterocycles. The molecule has 34 heavy (non-hydrogen) atoms. The minimum absolute atomic E-state index is 0.0279. The number of nitrogens with one attached hydrogen (secondary N) is 2. The Bertz CT molecular complexity index is 1130. The summed E-state index contributed by atoms with van der Waals surface area (Å²) in [6.07, 6.45) is 13.6. The van der Waals surface area contributed by atoms with E-state index in [2.05, 4.69) is 16.4 Å². The molecule has 2 aliphatic carbocycles. The van der Waals surface area contributed by atoms with Crippen molar-refractivity contribution < 1.29 is 4.79 Å². The van der Waals surface area contributed by atoms with E-state index in [0.29, 0.717) is 37.1 Å². The summed E-state index contributed by atoms with van der Waals surface area (Å²) >= 11 is 0. The summed E-state index contributed by atoms with van der Waals surface area (Å²) in [4.78, 5) is 30.8. The molecule has 0 spiro atoms. The largest absolute Gasteiger partial charge is 0.387 e. The smallest absolute Gasteiger partial charge is 0.224 e. The van der Waals surface area contributed by atoms with Crippen molar-refractivity contribution in [1.29, 1.82) is 5.41 Å². The van der Waals surface area contributed by atoms with Crippen LogP contribution in [0.2, 0.25) is 0 Å². The van der Waals surface area contributed by atoms with Gasteiger partial charge in [0, 0.05) is 43.0 Å². The van der Waals surface area contributed by atoms with Gasteiger partial charge in [0.2, 0.25) is 11.3 Å². The van der Waals surface area contributed by atoms with Gasteiger partial charge in [0.1, 0.15) is 5.69 Å². The molecule has 182 valence electrons. The van der Waals surface area contributed by atoms with Gasteiger partial charge >= 0.3 is 0 Å². The van der Waals surface area contributed by atoms with Crippen molar-refractivity contribution in [2.24, 2.45) is 29.4 Å². The molecule has 0 fully saturated rings. The Balaban J connectivity index is 1.85. The summed E-state index contributed by atoms with van der Waals surface area (Å²) in [5.41, 5.74) is 16.0. The van der Waals surface area contributed by atoms with Gasteiger partial charge in [-0.05, 0) is 51.5 Å². The van der Waals surface area contributed by atoms with Crippen LogP contribution in [-0.2, 0) is 18.3 Å². The lowest BCUT2D eigenvalue weighted by molar-refractivity contribution is -0.120. The Hall–Kier alpha value is -3.26. The average molecular weight is 465 g/mol. The Morgan fingerprint density at radius 3 is 2.76 bits per heavy atom. The van der Waals surface area contributed by atoms with Crippen LogP contribution in [0.4, 0.5) is 5.69 Å². The van der Waals surface area contributed by atoms with Crippen LogP contribution in [-0.4, -0.2) is 34.6 Å². The summed E-state index contributed by atoms with van der Waals surface area (Å²) in [6.45, 7) is 4.07. The minimum Gasteiger partial charge on any atom is -0.387 e. The topological polar surface area (TPSA) is 139 Å². The van der Waals surface area contributed by atoms with E-state index in [-0.39, 0.29) is 35.6 Å². The van der Waals surface area contributed by atoms with E-state index < -0.39 is 0 Å². The number of rotatable bonds is 7. The zero-order valence-corrected chi connectivity index (χ0v) is 20.4. The van der Waals surface area contributed by atoms with Crippen molar-refractivity contribution in [3.8, 4) is 0 Å². The molecule has 2 atom stereocenters. The summed E-state index contributed by atoms with van der Waals surface area (Å²) in [5.74, 6) is -0.173. The molecule has 0 aromatic carbocycles. The van der Waals surface area contributed by atoms with Crippen molar-refractivity contribution in [1.82, 2.24) is 9.88 Å². The molecule has 8 heteroatoms. The molecule has 0 aliphatic heterocycles. The van der Waals surface area contributed by atoms with Crippen LogP contribution in [0.5, 0.6) is 0 Å². The lowest BCUT2D eigenvalue weighted by Gasteiger charge is -2.23. The number of hydrogen-bond donors (Lipinski definition) is 4. The van der Waals surface area contributed by atoms with E-state index in [1.165, 1.54) is 0 Å². The van der Waals surface area contributed by atoms with Gasteiger partial charge < -0.3 is 21.4 Å². The predicted molar refractivity (Wildman–Crippen MR) is 139 cm³/mol. The fourth-order valence-corrected chi connectivity index (χ4v) is 4.47. The van der Waals surface area contributed by atoms with Gasteiger partial charge in [-0.3, -0.25) is 20.0 Å². The summed E-state index contributed by atoms with van der Waals surface area (Å²) in [6, 6.07) is 0.0430. The highest BCUT2D eigenvalue weighted by atomic mass is 16.1. The highest BCUT2D eigenvalue weighted by Gasteiger charge is 2.23. The van der Waals surface area contributed by atoms with Gasteiger partial charge in [-0.25, -0.2) is 0 Å². The van der Waals surface area contributed by atoms with Crippen LogP contribution < -0.4 is 22.2 Å². The first-order valence-corrected chi connectivity index (χ1v) is 11.8. The van der Waals surface area contributed by atoms with E-state index in [1.807, 2.05) is 43.7 Å². The van der Waals surface area contributed by atoms with Crippen molar-refractivity contribution in [3.05, 3.63) is 57.6 Å². The Kier molecular flexibility index (Phi) is 8.39. The molecule has 6 N–H and O–H groups in total. The van der Waals surface area contributed by atoms with Crippen LogP contribution >= 0.6 is 0 Å². The van der Waals surface area contributed by atoms with Crippen molar-refractivity contribution in [3.63, 3.8) is 0 Å². The lowest BCUT2D eigenvalue weighted by atomic mass is 9.90. The summed E-state index contributed by atoms with van der Waals surface area (Å²) in [5, 5.41) is 10.6. The Morgan fingerprint density at radius 2 is 2.09 bits per heavy atom. The summed E-state index contributed by atoms with van der Waals surface area (Å²) in [7, 11) is 1.88. The maximum atomic E-state index is 13.4. The molecule has 1 heterocycles. The maximum Gasteiger partial charge on any atom is 0.224 e. The fraction of sp³-hybridized carbons (Fsp3) is 0.462. The van der Waals surface area contributed by atoms with Gasteiger partial charge in [0.25, 0.3) is 0 Å². The Labute approximate surface area is 201 Å². The van der Waals surface area contributed by atoms with E-state index in [0.717, 1.165) is 35.4 Å². The number of pyridine rings is 1. The number of aliphatic imine (C=N–C) groups is 1. The number of aryl methyl sites for hydroxylation is 1. The first-order chi connectivity index (χ1) is 16.2. The molecular formula is C26H36N6O2. The average Bonchev–Trinajstić information content (AvgIpc) is 3.01. The lowest BCUT2D eigenvalue weighted by Crippen LogP contribution is -2.31. The molecule has 3 rings (SSSR count). The van der Waals surface area contributed by atoms with Crippen LogP contribution in [0.15, 0.2) is 45.9 Å². The molecule has 2 aliphatic rings. The number of allylic oxidation sites excluding steroid dienone is 3. The van der Waals surface area contributed by atoms with E-state index in [4.69, 9.17) is 16.9 Å².